The van der Waals surface area contributed by atoms with Gasteiger partial charge in [-0.25, -0.2) is 0 Å². The molecule has 0 bridgehead atoms. The molecule has 1 saturated heterocycles. The molecule has 112 valence electrons. The molecule has 2 aliphatic rings. The maximum Gasteiger partial charge on any atom is 0.225 e. The first-order valence-electron chi connectivity index (χ1n) is 7.72. The van der Waals surface area contributed by atoms with E-state index in [2.05, 4.69) is 11.4 Å². The normalized spacial score (nSPS) is 24.6. The average Bonchev–Trinajstić information content (AvgIpc) is 2.50. The lowest BCUT2D eigenvalue weighted by atomic mass is 9.79. The van der Waals surface area contributed by atoms with Gasteiger partial charge in [0.25, 0.3) is 0 Å². The Bertz CT molecular complexity index is 366. The largest absolute Gasteiger partial charge is 0.381 e. The van der Waals surface area contributed by atoms with Crippen LogP contribution in [-0.4, -0.2) is 31.2 Å². The Morgan fingerprint density at radius 1 is 1.35 bits per heavy atom. The van der Waals surface area contributed by atoms with Gasteiger partial charge in [-0.15, -0.1) is 0 Å². The molecule has 2 rings (SSSR count). The molecule has 1 saturated carbocycles. The number of nitrogens with one attached hydrogen (secondary N) is 1. The number of ether oxygens (including phenoxy) is 1. The van der Waals surface area contributed by atoms with E-state index in [9.17, 15) is 10.1 Å². The number of nitriles is 1. The summed E-state index contributed by atoms with van der Waals surface area (Å²) >= 11 is 0. The van der Waals surface area contributed by atoms with E-state index in [1.54, 1.807) is 0 Å². The van der Waals surface area contributed by atoms with Gasteiger partial charge in [-0.05, 0) is 18.8 Å². The van der Waals surface area contributed by atoms with Crippen LogP contribution in [0.4, 0.5) is 0 Å². The second kappa shape index (κ2) is 7.05. The van der Waals surface area contributed by atoms with E-state index in [4.69, 9.17) is 10.5 Å². The monoisotopic (exact) mass is 279 g/mol. The summed E-state index contributed by atoms with van der Waals surface area (Å²) in [6.45, 7) is 1.43. The number of carbonyl (C=O) groups excluding carboxylic acids is 1. The van der Waals surface area contributed by atoms with Crippen molar-refractivity contribution in [3.8, 4) is 6.07 Å². The summed E-state index contributed by atoms with van der Waals surface area (Å²) in [5.41, 5.74) is 5.07. The first-order chi connectivity index (χ1) is 9.71. The van der Waals surface area contributed by atoms with Crippen LogP contribution in [0.2, 0.25) is 0 Å². The molecule has 5 nitrogen and oxygen atoms in total. The standard InChI is InChI=1S/C15H25N3O2/c16-10-13(12-4-2-1-3-5-12)14(19)18-15(11-17)6-8-20-9-7-15/h12-13H,1-10,16H2,(H,18,19). The average molecular weight is 279 g/mol. The van der Waals surface area contributed by atoms with Gasteiger partial charge in [-0.1, -0.05) is 19.3 Å². The van der Waals surface area contributed by atoms with Gasteiger partial charge in [-0.2, -0.15) is 5.26 Å². The minimum atomic E-state index is -0.753. The van der Waals surface area contributed by atoms with Crippen molar-refractivity contribution in [2.45, 2.75) is 50.5 Å². The number of nitrogens with zero attached hydrogens (tertiary/aromatic N) is 1. The molecule has 1 aliphatic heterocycles. The zero-order valence-corrected chi connectivity index (χ0v) is 12.1. The predicted octanol–water partition coefficient (Wildman–Crippen LogP) is 1.33. The summed E-state index contributed by atoms with van der Waals surface area (Å²) in [5.74, 6) is 0.190. The van der Waals surface area contributed by atoms with Gasteiger partial charge in [0.05, 0.1) is 12.0 Å². The van der Waals surface area contributed by atoms with Gasteiger partial charge >= 0.3 is 0 Å². The molecular weight excluding hydrogens is 254 g/mol. The van der Waals surface area contributed by atoms with Crippen LogP contribution in [0.3, 0.4) is 0 Å². The molecule has 2 fully saturated rings. The fraction of sp³-hybridized carbons (Fsp3) is 0.867. The predicted molar refractivity (Wildman–Crippen MR) is 75.7 cm³/mol. The Morgan fingerprint density at radius 2 is 2.00 bits per heavy atom. The zero-order valence-electron chi connectivity index (χ0n) is 12.1. The van der Waals surface area contributed by atoms with E-state index >= 15 is 0 Å². The number of rotatable bonds is 4. The molecule has 0 aromatic rings. The van der Waals surface area contributed by atoms with Crippen molar-refractivity contribution in [1.82, 2.24) is 5.32 Å². The van der Waals surface area contributed by atoms with E-state index in [0.717, 1.165) is 12.8 Å². The number of hydrogen-bond acceptors (Lipinski definition) is 4. The zero-order chi connectivity index (χ0) is 14.4. The summed E-state index contributed by atoms with van der Waals surface area (Å²) in [7, 11) is 0. The minimum Gasteiger partial charge on any atom is -0.381 e. The maximum absolute atomic E-state index is 12.5. The Kier molecular flexibility index (Phi) is 5.38. The highest BCUT2D eigenvalue weighted by Crippen LogP contribution is 2.30. The summed E-state index contributed by atoms with van der Waals surface area (Å²) in [4.78, 5) is 12.5. The first kappa shape index (κ1) is 15.3. The van der Waals surface area contributed by atoms with Gasteiger partial charge < -0.3 is 15.8 Å². The van der Waals surface area contributed by atoms with E-state index in [1.807, 2.05) is 0 Å². The van der Waals surface area contributed by atoms with Crippen molar-refractivity contribution in [2.75, 3.05) is 19.8 Å². The topological polar surface area (TPSA) is 88.1 Å². The molecule has 1 unspecified atom stereocenters. The van der Waals surface area contributed by atoms with Crippen molar-refractivity contribution >= 4 is 5.91 Å². The molecule has 0 aromatic carbocycles. The lowest BCUT2D eigenvalue weighted by Crippen LogP contribution is -2.54. The highest BCUT2D eigenvalue weighted by molar-refractivity contribution is 5.80. The number of carbonyl (C=O) groups is 1. The SMILES string of the molecule is N#CC1(NC(=O)C(CN)C2CCCCC2)CCOCC1. The van der Waals surface area contributed by atoms with E-state index in [0.29, 0.717) is 38.5 Å². The molecule has 1 heterocycles. The molecule has 1 atom stereocenters. The molecule has 1 amide bonds. The summed E-state index contributed by atoms with van der Waals surface area (Å²) < 4.78 is 5.28. The number of amides is 1. The van der Waals surface area contributed by atoms with Crippen molar-refractivity contribution in [2.24, 2.45) is 17.6 Å². The fourth-order valence-corrected chi connectivity index (χ4v) is 3.36. The first-order valence-corrected chi connectivity index (χ1v) is 7.72. The lowest BCUT2D eigenvalue weighted by molar-refractivity contribution is -0.129. The van der Waals surface area contributed by atoms with E-state index in [1.165, 1.54) is 19.3 Å². The Balaban J connectivity index is 1.99. The molecule has 0 spiro atoms. The fourth-order valence-electron chi connectivity index (χ4n) is 3.36. The van der Waals surface area contributed by atoms with Gasteiger partial charge in [-0.3, -0.25) is 4.79 Å². The van der Waals surface area contributed by atoms with Crippen LogP contribution in [0.15, 0.2) is 0 Å². The molecule has 0 aromatic heterocycles. The van der Waals surface area contributed by atoms with Crippen LogP contribution in [-0.2, 0) is 9.53 Å². The summed E-state index contributed by atoms with van der Waals surface area (Å²) in [5, 5.41) is 12.4. The Morgan fingerprint density at radius 3 is 2.55 bits per heavy atom. The van der Waals surface area contributed by atoms with E-state index in [-0.39, 0.29) is 11.8 Å². The summed E-state index contributed by atoms with van der Waals surface area (Å²) in [6, 6.07) is 2.28. The second-order valence-corrected chi connectivity index (χ2v) is 6.04. The smallest absolute Gasteiger partial charge is 0.225 e. The molecule has 20 heavy (non-hydrogen) atoms. The molecular formula is C15H25N3O2. The van der Waals surface area contributed by atoms with Gasteiger partial charge in [0.1, 0.15) is 5.54 Å². The third-order valence-corrected chi connectivity index (χ3v) is 4.73. The van der Waals surface area contributed by atoms with Crippen molar-refractivity contribution in [1.29, 1.82) is 5.26 Å². The van der Waals surface area contributed by atoms with Crippen LogP contribution in [0, 0.1) is 23.2 Å². The van der Waals surface area contributed by atoms with Crippen LogP contribution in [0.1, 0.15) is 44.9 Å². The van der Waals surface area contributed by atoms with E-state index < -0.39 is 5.54 Å². The van der Waals surface area contributed by atoms with Crippen molar-refractivity contribution < 1.29 is 9.53 Å². The third kappa shape index (κ3) is 3.50. The van der Waals surface area contributed by atoms with Crippen LogP contribution in [0.25, 0.3) is 0 Å². The Hall–Kier alpha value is -1.12. The number of nitrogens with two attached hydrogens (primary N) is 1. The molecule has 5 heteroatoms. The highest BCUT2D eigenvalue weighted by atomic mass is 16.5. The third-order valence-electron chi connectivity index (χ3n) is 4.73. The molecule has 0 radical (unpaired) electrons. The minimum absolute atomic E-state index is 0.0390. The highest BCUT2D eigenvalue weighted by Gasteiger charge is 2.37. The quantitative estimate of drug-likeness (QED) is 0.812. The van der Waals surface area contributed by atoms with Crippen LogP contribution < -0.4 is 11.1 Å². The van der Waals surface area contributed by atoms with Crippen LogP contribution in [0.5, 0.6) is 0 Å². The second-order valence-electron chi connectivity index (χ2n) is 6.04. The van der Waals surface area contributed by atoms with Crippen molar-refractivity contribution in [3.05, 3.63) is 0 Å². The Labute approximate surface area is 120 Å². The van der Waals surface area contributed by atoms with Crippen molar-refractivity contribution in [3.63, 3.8) is 0 Å². The van der Waals surface area contributed by atoms with Crippen LogP contribution >= 0.6 is 0 Å². The summed E-state index contributed by atoms with van der Waals surface area (Å²) in [6.07, 6.45) is 6.93. The molecule has 1 aliphatic carbocycles. The number of hydrogen-bond donors (Lipinski definition) is 2. The van der Waals surface area contributed by atoms with Gasteiger partial charge in [0.15, 0.2) is 0 Å². The van der Waals surface area contributed by atoms with Gasteiger partial charge in [0, 0.05) is 32.6 Å². The maximum atomic E-state index is 12.5. The van der Waals surface area contributed by atoms with Gasteiger partial charge in [0.2, 0.25) is 5.91 Å². The molecule has 3 N–H and O–H groups in total. The lowest BCUT2D eigenvalue weighted by Gasteiger charge is -2.35.